The van der Waals surface area contributed by atoms with Crippen LogP contribution in [0, 0.1) is 17.8 Å². The first-order chi connectivity index (χ1) is 12.3. The van der Waals surface area contributed by atoms with Crippen LogP contribution in [0.1, 0.15) is 42.5 Å². The molecule has 1 N–H and O–H groups in total. The van der Waals surface area contributed by atoms with Gasteiger partial charge in [-0.1, -0.05) is 25.7 Å². The number of hydrogen-bond acceptors (Lipinski definition) is 4. The number of amides is 1. The molecule has 5 heteroatoms. The van der Waals surface area contributed by atoms with Gasteiger partial charge in [-0.15, -0.1) is 0 Å². The summed E-state index contributed by atoms with van der Waals surface area (Å²) in [5, 5.41) is 3.33. The van der Waals surface area contributed by atoms with Crippen molar-refractivity contribution in [2.75, 3.05) is 6.61 Å². The number of rotatable bonds is 3. The van der Waals surface area contributed by atoms with E-state index in [1.807, 2.05) is 18.2 Å². The largest absolute Gasteiger partial charge is 0.377 e. The van der Waals surface area contributed by atoms with Crippen LogP contribution in [0.5, 0.6) is 0 Å². The summed E-state index contributed by atoms with van der Waals surface area (Å²) in [5.74, 6) is 1.71. The average Bonchev–Trinajstić information content (AvgIpc) is 3.30. The molecule has 2 aliphatic carbocycles. The highest BCUT2D eigenvalue weighted by molar-refractivity contribution is 5.97. The summed E-state index contributed by atoms with van der Waals surface area (Å²) in [7, 11) is 0. The zero-order valence-corrected chi connectivity index (χ0v) is 14.2. The van der Waals surface area contributed by atoms with Gasteiger partial charge in [-0.3, -0.25) is 14.8 Å². The van der Waals surface area contributed by atoms with Gasteiger partial charge in [-0.25, -0.2) is 0 Å². The Morgan fingerprint density at radius 1 is 1.08 bits per heavy atom. The SMILES string of the molecule is O=C(N[C@H]1[C@@H]2CCO[C@@H]2[C@@H]1C1CCCC1)c1ccc2nccnc2c1. The Morgan fingerprint density at radius 2 is 1.88 bits per heavy atom. The second-order valence-electron chi connectivity index (χ2n) is 7.67. The number of ether oxygens (including phenoxy) is 1. The molecule has 3 aliphatic rings. The van der Waals surface area contributed by atoms with Gasteiger partial charge in [0.05, 0.1) is 17.1 Å². The van der Waals surface area contributed by atoms with Crippen molar-refractivity contribution >= 4 is 16.9 Å². The number of nitrogens with one attached hydrogen (secondary N) is 1. The lowest BCUT2D eigenvalue weighted by molar-refractivity contribution is -0.0784. The molecule has 3 fully saturated rings. The standard InChI is InChI=1S/C20H23N3O2/c24-20(13-5-6-15-16(11-13)22-9-8-21-15)23-18-14-7-10-25-19(14)17(18)12-3-1-2-4-12/h5-6,8-9,11-12,14,17-19H,1-4,7,10H2,(H,23,24)/t14-,17+,18-,19-/m0/s1. The summed E-state index contributed by atoms with van der Waals surface area (Å²) in [6.07, 6.45) is 9.99. The maximum Gasteiger partial charge on any atom is 0.251 e. The molecule has 2 saturated carbocycles. The minimum atomic E-state index is 0.00546. The maximum absolute atomic E-state index is 12.8. The lowest BCUT2D eigenvalue weighted by Crippen LogP contribution is -2.63. The summed E-state index contributed by atoms with van der Waals surface area (Å²) in [6, 6.07) is 5.82. The van der Waals surface area contributed by atoms with Gasteiger partial charge >= 0.3 is 0 Å². The molecule has 1 aliphatic heterocycles. The smallest absolute Gasteiger partial charge is 0.251 e. The van der Waals surface area contributed by atoms with Crippen molar-refractivity contribution in [3.8, 4) is 0 Å². The Bertz CT molecular complexity index is 798. The molecule has 25 heavy (non-hydrogen) atoms. The van der Waals surface area contributed by atoms with Crippen LogP contribution in [-0.2, 0) is 4.74 Å². The number of carbonyl (C=O) groups excluding carboxylic acids is 1. The van der Waals surface area contributed by atoms with Crippen LogP contribution < -0.4 is 5.32 Å². The van der Waals surface area contributed by atoms with Gasteiger partial charge < -0.3 is 10.1 Å². The molecule has 0 bridgehead atoms. The van der Waals surface area contributed by atoms with Crippen molar-refractivity contribution in [2.24, 2.45) is 17.8 Å². The molecule has 4 atom stereocenters. The van der Waals surface area contributed by atoms with E-state index >= 15 is 0 Å². The normalized spacial score (nSPS) is 31.7. The van der Waals surface area contributed by atoms with Crippen molar-refractivity contribution in [3.63, 3.8) is 0 Å². The highest BCUT2D eigenvalue weighted by Gasteiger charge is 2.57. The Morgan fingerprint density at radius 3 is 2.72 bits per heavy atom. The van der Waals surface area contributed by atoms with Gasteiger partial charge in [0.15, 0.2) is 0 Å². The van der Waals surface area contributed by atoms with Gasteiger partial charge in [-0.05, 0) is 30.5 Å². The number of hydrogen-bond donors (Lipinski definition) is 1. The molecule has 0 spiro atoms. The summed E-state index contributed by atoms with van der Waals surface area (Å²) in [5.41, 5.74) is 2.24. The van der Waals surface area contributed by atoms with E-state index in [2.05, 4.69) is 15.3 Å². The van der Waals surface area contributed by atoms with Crippen LogP contribution in [0.2, 0.25) is 0 Å². The van der Waals surface area contributed by atoms with Crippen LogP contribution in [0.3, 0.4) is 0 Å². The van der Waals surface area contributed by atoms with Crippen molar-refractivity contribution in [1.82, 2.24) is 15.3 Å². The molecule has 2 heterocycles. The highest BCUT2D eigenvalue weighted by Crippen LogP contribution is 2.51. The molecule has 1 saturated heterocycles. The molecule has 5 rings (SSSR count). The molecule has 0 unspecified atom stereocenters. The van der Waals surface area contributed by atoms with Crippen LogP contribution in [0.4, 0.5) is 0 Å². The van der Waals surface area contributed by atoms with E-state index in [-0.39, 0.29) is 11.9 Å². The second kappa shape index (κ2) is 6.06. The fourth-order valence-corrected chi connectivity index (χ4v) is 5.20. The fourth-order valence-electron chi connectivity index (χ4n) is 5.20. The van der Waals surface area contributed by atoms with Crippen molar-refractivity contribution in [3.05, 3.63) is 36.2 Å². The number of aromatic nitrogens is 2. The second-order valence-corrected chi connectivity index (χ2v) is 7.67. The summed E-state index contributed by atoms with van der Waals surface area (Å²) < 4.78 is 5.98. The van der Waals surface area contributed by atoms with Crippen LogP contribution in [-0.4, -0.2) is 34.6 Å². The first-order valence-corrected chi connectivity index (χ1v) is 9.44. The van der Waals surface area contributed by atoms with Gasteiger partial charge in [0, 0.05) is 42.4 Å². The van der Waals surface area contributed by atoms with E-state index in [1.54, 1.807) is 12.4 Å². The monoisotopic (exact) mass is 337 g/mol. The van der Waals surface area contributed by atoms with Crippen LogP contribution in [0.15, 0.2) is 30.6 Å². The number of nitrogens with zero attached hydrogens (tertiary/aromatic N) is 2. The maximum atomic E-state index is 12.8. The van der Waals surface area contributed by atoms with Gasteiger partial charge in [0.25, 0.3) is 5.91 Å². The fraction of sp³-hybridized carbons (Fsp3) is 0.550. The molecule has 1 aromatic heterocycles. The summed E-state index contributed by atoms with van der Waals surface area (Å²) in [4.78, 5) is 21.4. The van der Waals surface area contributed by atoms with E-state index in [9.17, 15) is 4.79 Å². The van der Waals surface area contributed by atoms with Crippen LogP contribution in [0.25, 0.3) is 11.0 Å². The molecule has 5 nitrogen and oxygen atoms in total. The molecule has 0 radical (unpaired) electrons. The van der Waals surface area contributed by atoms with Gasteiger partial charge in [-0.2, -0.15) is 0 Å². The van der Waals surface area contributed by atoms with E-state index in [0.29, 0.717) is 29.4 Å². The minimum Gasteiger partial charge on any atom is -0.377 e. The first kappa shape index (κ1) is 15.3. The third kappa shape index (κ3) is 2.53. The van der Waals surface area contributed by atoms with E-state index in [1.165, 1.54) is 25.7 Å². The summed E-state index contributed by atoms with van der Waals surface area (Å²) in [6.45, 7) is 0.844. The molecule has 130 valence electrons. The quantitative estimate of drug-likeness (QED) is 0.935. The van der Waals surface area contributed by atoms with E-state index in [0.717, 1.165) is 24.1 Å². The van der Waals surface area contributed by atoms with Gasteiger partial charge in [0.1, 0.15) is 0 Å². The van der Waals surface area contributed by atoms with Crippen molar-refractivity contribution in [2.45, 2.75) is 44.2 Å². The zero-order valence-electron chi connectivity index (χ0n) is 14.2. The first-order valence-electron chi connectivity index (χ1n) is 9.44. The molecule has 1 aromatic carbocycles. The summed E-state index contributed by atoms with van der Waals surface area (Å²) >= 11 is 0. The van der Waals surface area contributed by atoms with Crippen molar-refractivity contribution < 1.29 is 9.53 Å². The zero-order chi connectivity index (χ0) is 16.8. The third-order valence-corrected chi connectivity index (χ3v) is 6.41. The Balaban J connectivity index is 1.36. The lowest BCUT2D eigenvalue weighted by atomic mass is 9.61. The Hall–Kier alpha value is -2.01. The Labute approximate surface area is 147 Å². The van der Waals surface area contributed by atoms with Crippen LogP contribution >= 0.6 is 0 Å². The number of fused-ring (bicyclic) bond motifs is 2. The third-order valence-electron chi connectivity index (χ3n) is 6.41. The minimum absolute atomic E-state index is 0.00546. The molecule has 2 aromatic rings. The molecular formula is C20H23N3O2. The molecule has 1 amide bonds. The Kier molecular flexibility index (Phi) is 3.70. The number of benzene rings is 1. The van der Waals surface area contributed by atoms with Crippen molar-refractivity contribution in [1.29, 1.82) is 0 Å². The predicted octanol–water partition coefficient (Wildman–Crippen LogP) is 2.95. The predicted molar refractivity (Wildman–Crippen MR) is 94.1 cm³/mol. The topological polar surface area (TPSA) is 64.1 Å². The molecular weight excluding hydrogens is 314 g/mol. The highest BCUT2D eigenvalue weighted by atomic mass is 16.5. The van der Waals surface area contributed by atoms with Gasteiger partial charge in [0.2, 0.25) is 0 Å². The number of carbonyl (C=O) groups is 1. The van der Waals surface area contributed by atoms with E-state index in [4.69, 9.17) is 4.74 Å². The average molecular weight is 337 g/mol. The lowest BCUT2D eigenvalue weighted by Gasteiger charge is -2.50. The van der Waals surface area contributed by atoms with E-state index < -0.39 is 0 Å².